The number of hydrogen-bond donors (Lipinski definition) is 4. The Hall–Kier alpha value is -4.59. The Morgan fingerprint density at radius 1 is 1.00 bits per heavy atom. The largest absolute Gasteiger partial charge is 0.508 e. The number of phenolic OH excluding ortho intramolecular Hbond substituents is 1. The minimum absolute atomic E-state index is 0.0904. The maximum absolute atomic E-state index is 12.9. The Bertz CT molecular complexity index is 1280. The van der Waals surface area contributed by atoms with Crippen molar-refractivity contribution in [2.75, 3.05) is 0 Å². The van der Waals surface area contributed by atoms with Crippen molar-refractivity contribution in [3.63, 3.8) is 0 Å². The molecular weight excluding hydrogens is 432 g/mol. The fraction of sp³-hybridized carbons (Fsp3) is 0.115. The molecule has 3 aromatic carbocycles. The first-order chi connectivity index (χ1) is 16.6. The summed E-state index contributed by atoms with van der Waals surface area (Å²) >= 11 is 0. The number of aromatic nitrogens is 1. The first-order valence-electron chi connectivity index (χ1n) is 10.7. The number of benzene rings is 3. The number of amides is 2. The molecule has 0 aliphatic carbocycles. The van der Waals surface area contributed by atoms with E-state index in [2.05, 4.69) is 20.8 Å². The number of aromatic amines is 1. The molecule has 0 bridgehead atoms. The molecule has 2 amide bonds. The second-order valence-corrected chi connectivity index (χ2v) is 7.65. The van der Waals surface area contributed by atoms with E-state index in [0.29, 0.717) is 5.56 Å². The van der Waals surface area contributed by atoms with E-state index in [-0.39, 0.29) is 18.8 Å². The van der Waals surface area contributed by atoms with Crippen molar-refractivity contribution >= 4 is 29.1 Å². The summed E-state index contributed by atoms with van der Waals surface area (Å²) in [6.07, 6.45) is 2.81. The molecule has 0 aliphatic rings. The number of para-hydroxylation sites is 1. The van der Waals surface area contributed by atoms with Gasteiger partial charge < -0.3 is 20.1 Å². The van der Waals surface area contributed by atoms with Gasteiger partial charge in [-0.15, -0.1) is 0 Å². The number of nitrogens with one attached hydrogen (secondary N) is 3. The predicted octanol–water partition coefficient (Wildman–Crippen LogP) is 3.86. The molecule has 0 saturated heterocycles. The average molecular weight is 457 g/mol. The molecule has 4 rings (SSSR count). The van der Waals surface area contributed by atoms with Gasteiger partial charge >= 0.3 is 6.09 Å². The Morgan fingerprint density at radius 2 is 1.74 bits per heavy atom. The number of hydrazone groups is 1. The third-order valence-electron chi connectivity index (χ3n) is 5.20. The number of rotatable bonds is 8. The van der Waals surface area contributed by atoms with Gasteiger partial charge in [0.25, 0.3) is 5.91 Å². The Balaban J connectivity index is 1.45. The number of hydrogen-bond acceptors (Lipinski definition) is 5. The summed E-state index contributed by atoms with van der Waals surface area (Å²) in [5.41, 5.74) is 5.83. The Morgan fingerprint density at radius 3 is 2.53 bits per heavy atom. The van der Waals surface area contributed by atoms with Crippen LogP contribution in [-0.2, 0) is 22.6 Å². The summed E-state index contributed by atoms with van der Waals surface area (Å²) in [7, 11) is 0. The van der Waals surface area contributed by atoms with E-state index in [4.69, 9.17) is 4.74 Å². The lowest BCUT2D eigenvalue weighted by Gasteiger charge is -2.17. The van der Waals surface area contributed by atoms with Crippen molar-refractivity contribution in [2.24, 2.45) is 5.10 Å². The van der Waals surface area contributed by atoms with Crippen LogP contribution < -0.4 is 10.7 Å². The standard InChI is InChI=1S/C26H24N4O4/c31-21-12-10-18(11-13-21)15-28-30-25(32)24(14-20-16-27-23-9-5-4-8-22(20)23)29-26(33)34-17-19-6-2-1-3-7-19/h1-13,15-16,24,27,31H,14,17H2,(H,29,33)(H,30,32)/b28-15-/t24-/m0/s1. The Labute approximate surface area is 196 Å². The third-order valence-corrected chi connectivity index (χ3v) is 5.20. The van der Waals surface area contributed by atoms with Gasteiger partial charge in [-0.25, -0.2) is 10.2 Å². The zero-order valence-electron chi connectivity index (χ0n) is 18.3. The SMILES string of the molecule is O=C(N[C@@H](Cc1c[nH]c2ccccc12)C(=O)N/N=C\c1ccc(O)cc1)OCc1ccccc1. The minimum atomic E-state index is -0.917. The molecule has 172 valence electrons. The van der Waals surface area contributed by atoms with Gasteiger partial charge in [-0.05, 0) is 47.0 Å². The number of alkyl carbamates (subject to hydrolysis) is 1. The molecular formula is C26H24N4O4. The van der Waals surface area contributed by atoms with E-state index < -0.39 is 18.0 Å². The summed E-state index contributed by atoms with van der Waals surface area (Å²) in [6, 6.07) is 22.5. The zero-order chi connectivity index (χ0) is 23.8. The van der Waals surface area contributed by atoms with Gasteiger partial charge in [0.05, 0.1) is 6.21 Å². The van der Waals surface area contributed by atoms with Crippen LogP contribution >= 0.6 is 0 Å². The second kappa shape index (κ2) is 10.8. The van der Waals surface area contributed by atoms with E-state index in [1.807, 2.05) is 60.8 Å². The summed E-state index contributed by atoms with van der Waals surface area (Å²) < 4.78 is 5.30. The van der Waals surface area contributed by atoms with Crippen LogP contribution in [0.15, 0.2) is 90.2 Å². The lowest BCUT2D eigenvalue weighted by molar-refractivity contribution is -0.123. The van der Waals surface area contributed by atoms with E-state index in [9.17, 15) is 14.7 Å². The van der Waals surface area contributed by atoms with Gasteiger partial charge in [-0.1, -0.05) is 48.5 Å². The minimum Gasteiger partial charge on any atom is -0.508 e. The van der Waals surface area contributed by atoms with Crippen LogP contribution in [0.25, 0.3) is 10.9 Å². The van der Waals surface area contributed by atoms with Crippen LogP contribution in [0.1, 0.15) is 16.7 Å². The van der Waals surface area contributed by atoms with E-state index in [1.165, 1.54) is 18.3 Å². The molecule has 0 aliphatic heterocycles. The molecule has 1 atom stereocenters. The van der Waals surface area contributed by atoms with Crippen LogP contribution in [0.4, 0.5) is 4.79 Å². The maximum Gasteiger partial charge on any atom is 0.408 e. The van der Waals surface area contributed by atoms with Gasteiger partial charge in [-0.3, -0.25) is 4.79 Å². The van der Waals surface area contributed by atoms with Crippen LogP contribution in [0, 0.1) is 0 Å². The molecule has 0 radical (unpaired) electrons. The van der Waals surface area contributed by atoms with Crippen LogP contribution in [-0.4, -0.2) is 34.3 Å². The van der Waals surface area contributed by atoms with Crippen LogP contribution in [0.3, 0.4) is 0 Å². The lowest BCUT2D eigenvalue weighted by atomic mass is 10.0. The molecule has 8 nitrogen and oxygen atoms in total. The van der Waals surface area contributed by atoms with E-state index in [1.54, 1.807) is 12.1 Å². The molecule has 4 N–H and O–H groups in total. The number of aromatic hydroxyl groups is 1. The quantitative estimate of drug-likeness (QED) is 0.238. The fourth-order valence-corrected chi connectivity index (χ4v) is 3.45. The molecule has 4 aromatic rings. The molecule has 34 heavy (non-hydrogen) atoms. The van der Waals surface area contributed by atoms with Crippen molar-refractivity contribution in [2.45, 2.75) is 19.1 Å². The molecule has 0 fully saturated rings. The number of ether oxygens (including phenoxy) is 1. The third kappa shape index (κ3) is 6.01. The van der Waals surface area contributed by atoms with Gasteiger partial charge in [0.1, 0.15) is 18.4 Å². The molecule has 1 aromatic heterocycles. The first-order valence-corrected chi connectivity index (χ1v) is 10.7. The fourth-order valence-electron chi connectivity index (χ4n) is 3.45. The van der Waals surface area contributed by atoms with Crippen LogP contribution in [0.2, 0.25) is 0 Å². The van der Waals surface area contributed by atoms with Gasteiger partial charge in [0.2, 0.25) is 0 Å². The maximum atomic E-state index is 12.9. The lowest BCUT2D eigenvalue weighted by Crippen LogP contribution is -2.47. The highest BCUT2D eigenvalue weighted by Crippen LogP contribution is 2.19. The second-order valence-electron chi connectivity index (χ2n) is 7.65. The summed E-state index contributed by atoms with van der Waals surface area (Å²) in [4.78, 5) is 28.6. The van der Waals surface area contributed by atoms with Gasteiger partial charge in [-0.2, -0.15) is 5.10 Å². The molecule has 1 heterocycles. The van der Waals surface area contributed by atoms with Crippen molar-refractivity contribution in [1.82, 2.24) is 15.7 Å². The van der Waals surface area contributed by atoms with Gasteiger partial charge in [0, 0.05) is 23.5 Å². The molecule has 0 unspecified atom stereocenters. The summed E-state index contributed by atoms with van der Waals surface area (Å²) in [6.45, 7) is 0.0904. The highest BCUT2D eigenvalue weighted by molar-refractivity contribution is 5.89. The summed E-state index contributed by atoms with van der Waals surface area (Å²) in [5, 5.41) is 17.0. The van der Waals surface area contributed by atoms with E-state index in [0.717, 1.165) is 22.0 Å². The Kier molecular flexibility index (Phi) is 7.19. The number of carbonyl (C=O) groups is 2. The summed E-state index contributed by atoms with van der Waals surface area (Å²) in [5.74, 6) is -0.352. The zero-order valence-corrected chi connectivity index (χ0v) is 18.3. The normalized spacial score (nSPS) is 11.9. The topological polar surface area (TPSA) is 116 Å². The molecule has 0 saturated carbocycles. The number of nitrogens with zero attached hydrogens (tertiary/aromatic N) is 1. The van der Waals surface area contributed by atoms with Crippen molar-refractivity contribution in [3.05, 3.63) is 102 Å². The number of phenols is 1. The van der Waals surface area contributed by atoms with Crippen LogP contribution in [0.5, 0.6) is 5.75 Å². The van der Waals surface area contributed by atoms with E-state index >= 15 is 0 Å². The highest BCUT2D eigenvalue weighted by Gasteiger charge is 2.23. The average Bonchev–Trinajstić information content (AvgIpc) is 3.27. The molecule has 8 heteroatoms. The molecule has 0 spiro atoms. The van der Waals surface area contributed by atoms with Crippen molar-refractivity contribution in [3.8, 4) is 5.75 Å². The highest BCUT2D eigenvalue weighted by atomic mass is 16.5. The van der Waals surface area contributed by atoms with Crippen molar-refractivity contribution in [1.29, 1.82) is 0 Å². The first kappa shape index (κ1) is 22.6. The monoisotopic (exact) mass is 456 g/mol. The van der Waals surface area contributed by atoms with Gasteiger partial charge in [0.15, 0.2) is 0 Å². The number of H-pyrrole nitrogens is 1. The number of carbonyl (C=O) groups excluding carboxylic acids is 2. The number of fused-ring (bicyclic) bond motifs is 1. The smallest absolute Gasteiger partial charge is 0.408 e. The predicted molar refractivity (Wildman–Crippen MR) is 129 cm³/mol. The van der Waals surface area contributed by atoms with Crippen molar-refractivity contribution < 1.29 is 19.4 Å².